The van der Waals surface area contributed by atoms with Crippen LogP contribution in [0.1, 0.15) is 23.0 Å². The lowest BCUT2D eigenvalue weighted by atomic mass is 9.97. The molecule has 4 heteroatoms. The monoisotopic (exact) mass is 163 g/mol. The fourth-order valence-corrected chi connectivity index (χ4v) is 0.683. The number of carboxylic acids is 1. The quantitative estimate of drug-likeness (QED) is 0.561. The summed E-state index contributed by atoms with van der Waals surface area (Å²) in [5.74, 6) is -3.87. The van der Waals surface area contributed by atoms with Crippen molar-refractivity contribution < 1.29 is 22.5 Å². The van der Waals surface area contributed by atoms with Crippen molar-refractivity contribution in [3.63, 3.8) is 0 Å². The zero-order chi connectivity index (χ0) is 11.5. The number of aliphatic carboxylic acids is 1. The number of hydrogen-bond acceptors (Lipinski definition) is 3. The Kier molecular flexibility index (Phi) is 2.12. The molecular formula is C7H12O4. The first kappa shape index (κ1) is 5.71. The molecule has 2 unspecified atom stereocenters. The van der Waals surface area contributed by atoms with Crippen LogP contribution in [-0.2, 0) is 9.59 Å². The molecule has 0 fully saturated rings. The number of aliphatic hydroxyl groups excluding tert-OH is 1. The zero-order valence-electron chi connectivity index (χ0n) is 9.33. The minimum Gasteiger partial charge on any atom is -0.481 e. The number of Topliss-reactive ketones (excluding diaryl/α,β-unsaturated/α-hetero) is 1. The SMILES string of the molecule is [2H]OC(C(C(C)=O)C(=O)O)C([2H])([2H])C. The van der Waals surface area contributed by atoms with Crippen LogP contribution in [0.25, 0.3) is 0 Å². The molecule has 0 bridgehead atoms. The first-order valence-electron chi connectivity index (χ1n) is 4.48. The fraction of sp³-hybridized carbons (Fsp3) is 0.714. The molecule has 0 rings (SSSR count). The number of aliphatic hydroxyl groups is 1. The molecule has 0 aromatic heterocycles. The van der Waals surface area contributed by atoms with Gasteiger partial charge in [-0.15, -0.1) is 0 Å². The number of carboxylic acid groups (broad SMARTS) is 1. The van der Waals surface area contributed by atoms with Gasteiger partial charge in [0.2, 0.25) is 1.43 Å². The lowest BCUT2D eigenvalue weighted by Crippen LogP contribution is -2.33. The predicted molar refractivity (Wildman–Crippen MR) is 38.1 cm³/mol. The standard InChI is InChI=1S/C7H12O4/c1-3-5(9)6(4(2)8)7(10)11/h5-6,9H,3H2,1-2H3,(H,10,11)/i3D2,9D. The second-order valence-electron chi connectivity index (χ2n) is 2.14. The van der Waals surface area contributed by atoms with E-state index in [9.17, 15) is 9.59 Å². The van der Waals surface area contributed by atoms with Crippen LogP contribution in [0.5, 0.6) is 0 Å². The topological polar surface area (TPSA) is 74.6 Å². The van der Waals surface area contributed by atoms with E-state index in [4.69, 9.17) is 9.28 Å². The molecule has 11 heavy (non-hydrogen) atoms. The second kappa shape index (κ2) is 4.08. The third-order valence-electron chi connectivity index (χ3n) is 1.29. The summed E-state index contributed by atoms with van der Waals surface area (Å²) in [6.07, 6.45) is -3.66. The van der Waals surface area contributed by atoms with Gasteiger partial charge in [-0.05, 0) is 13.3 Å². The summed E-state index contributed by atoms with van der Waals surface area (Å²) in [4.78, 5) is 21.6. The third-order valence-corrected chi connectivity index (χ3v) is 1.29. The third kappa shape index (κ3) is 2.67. The van der Waals surface area contributed by atoms with E-state index in [1.165, 1.54) is 0 Å². The molecule has 2 atom stereocenters. The van der Waals surface area contributed by atoms with Crippen LogP contribution >= 0.6 is 0 Å². The van der Waals surface area contributed by atoms with Crippen molar-refractivity contribution in [3.8, 4) is 0 Å². The van der Waals surface area contributed by atoms with Crippen molar-refractivity contribution in [1.82, 2.24) is 0 Å². The molecule has 0 amide bonds. The van der Waals surface area contributed by atoms with E-state index in [-0.39, 0.29) is 0 Å². The second-order valence-corrected chi connectivity index (χ2v) is 2.14. The van der Waals surface area contributed by atoms with Crippen LogP contribution in [0.4, 0.5) is 0 Å². The van der Waals surface area contributed by atoms with Crippen molar-refractivity contribution in [2.24, 2.45) is 5.92 Å². The van der Waals surface area contributed by atoms with Gasteiger partial charge in [0.15, 0.2) is 0 Å². The molecule has 64 valence electrons. The average Bonchev–Trinajstić information content (AvgIpc) is 1.95. The van der Waals surface area contributed by atoms with Crippen molar-refractivity contribution in [2.75, 3.05) is 0 Å². The predicted octanol–water partition coefficient (Wildman–Crippen LogP) is 0.0471. The summed E-state index contributed by atoms with van der Waals surface area (Å²) in [5.41, 5.74) is 0. The molecule has 0 radical (unpaired) electrons. The van der Waals surface area contributed by atoms with E-state index < -0.39 is 30.1 Å². The van der Waals surface area contributed by atoms with E-state index in [0.29, 0.717) is 0 Å². The summed E-state index contributed by atoms with van der Waals surface area (Å²) in [5, 5.41) is 12.6. The van der Waals surface area contributed by atoms with Gasteiger partial charge in [-0.1, -0.05) is 6.92 Å². The molecule has 0 saturated heterocycles. The van der Waals surface area contributed by atoms with Gasteiger partial charge < -0.3 is 10.2 Å². The number of hydrogen-bond donors (Lipinski definition) is 2. The summed E-state index contributed by atoms with van der Waals surface area (Å²) in [6.45, 7) is 2.08. The highest BCUT2D eigenvalue weighted by atomic mass is 16.4. The van der Waals surface area contributed by atoms with Gasteiger partial charge in [0.05, 0.1) is 6.10 Å². The molecule has 0 saturated carbocycles. The van der Waals surface area contributed by atoms with Crippen molar-refractivity contribution in [3.05, 3.63) is 0 Å². The minimum absolute atomic E-state index is 0.736. The van der Waals surface area contributed by atoms with E-state index in [1.54, 1.807) is 0 Å². The smallest absolute Gasteiger partial charge is 0.316 e. The van der Waals surface area contributed by atoms with Gasteiger partial charge in [-0.25, -0.2) is 0 Å². The molecule has 0 aliphatic rings. The summed E-state index contributed by atoms with van der Waals surface area (Å²) in [7, 11) is 0. The maximum Gasteiger partial charge on any atom is 0.316 e. The van der Waals surface area contributed by atoms with Gasteiger partial charge >= 0.3 is 5.97 Å². The number of rotatable bonds is 5. The van der Waals surface area contributed by atoms with Crippen LogP contribution < -0.4 is 0 Å². The van der Waals surface area contributed by atoms with Crippen molar-refractivity contribution in [1.29, 1.82) is 1.43 Å². The van der Waals surface area contributed by atoms with Gasteiger partial charge in [0.1, 0.15) is 11.7 Å². The summed E-state index contributed by atoms with van der Waals surface area (Å²) < 4.78 is 21.0. The van der Waals surface area contributed by atoms with Crippen LogP contribution in [0.3, 0.4) is 0 Å². The first-order chi connectivity index (χ1) is 6.21. The highest BCUT2D eigenvalue weighted by Crippen LogP contribution is 2.08. The molecule has 0 aromatic carbocycles. The maximum absolute atomic E-state index is 10.9. The maximum atomic E-state index is 10.9. The Morgan fingerprint density at radius 2 is 2.27 bits per heavy atom. The van der Waals surface area contributed by atoms with E-state index in [0.717, 1.165) is 13.8 Å². The molecule has 0 heterocycles. The van der Waals surface area contributed by atoms with Crippen LogP contribution in [0.15, 0.2) is 0 Å². The van der Waals surface area contributed by atoms with Gasteiger partial charge in [-0.3, -0.25) is 9.59 Å². The molecular weight excluding hydrogens is 148 g/mol. The largest absolute Gasteiger partial charge is 0.481 e. The Balaban J connectivity index is 4.96. The van der Waals surface area contributed by atoms with E-state index >= 15 is 0 Å². The average molecular weight is 163 g/mol. The summed E-state index contributed by atoms with van der Waals surface area (Å²) >= 11 is 0. The Hall–Kier alpha value is -0.900. The lowest BCUT2D eigenvalue weighted by molar-refractivity contribution is -0.150. The Labute approximate surface area is 69.1 Å². The highest BCUT2D eigenvalue weighted by molar-refractivity contribution is 5.97. The van der Waals surface area contributed by atoms with E-state index in [1.807, 2.05) is 0 Å². The zero-order valence-corrected chi connectivity index (χ0v) is 6.33. The van der Waals surface area contributed by atoms with Crippen LogP contribution in [-0.4, -0.2) is 29.5 Å². The van der Waals surface area contributed by atoms with E-state index in [2.05, 4.69) is 5.11 Å². The number of ketones is 1. The normalized spacial score (nSPS) is 20.7. The number of carbonyl (C=O) groups excluding carboxylic acids is 1. The molecule has 0 aromatic rings. The first-order valence-corrected chi connectivity index (χ1v) is 3.07. The molecule has 0 aliphatic carbocycles. The summed E-state index contributed by atoms with van der Waals surface area (Å²) in [6, 6.07) is 0. The molecule has 4 nitrogen and oxygen atoms in total. The molecule has 0 spiro atoms. The van der Waals surface area contributed by atoms with Crippen LogP contribution in [0, 0.1) is 5.92 Å². The Morgan fingerprint density at radius 1 is 1.73 bits per heavy atom. The Bertz CT molecular complexity index is 222. The van der Waals surface area contributed by atoms with Crippen LogP contribution in [0.2, 0.25) is 0 Å². The molecule has 0 aliphatic heterocycles. The lowest BCUT2D eigenvalue weighted by Gasteiger charge is -2.13. The highest BCUT2D eigenvalue weighted by Gasteiger charge is 2.29. The molecule has 2 N–H and O–H groups in total. The van der Waals surface area contributed by atoms with Gasteiger partial charge in [0, 0.05) is 2.74 Å². The fourth-order valence-electron chi connectivity index (χ4n) is 0.683. The Morgan fingerprint density at radius 3 is 2.36 bits per heavy atom. The van der Waals surface area contributed by atoms with Crippen molar-refractivity contribution >= 4 is 11.8 Å². The van der Waals surface area contributed by atoms with Crippen molar-refractivity contribution in [2.45, 2.75) is 26.3 Å². The van der Waals surface area contributed by atoms with Gasteiger partial charge in [0.25, 0.3) is 0 Å². The minimum atomic E-state index is -2.06. The number of carbonyl (C=O) groups is 2. The van der Waals surface area contributed by atoms with Gasteiger partial charge in [-0.2, -0.15) is 0 Å².